The molecular weight excluding hydrogens is 624 g/mol. The van der Waals surface area contributed by atoms with Crippen molar-refractivity contribution in [1.82, 2.24) is 24.4 Å². The second-order valence-corrected chi connectivity index (χ2v) is 14.4. The number of benzene rings is 2. The molecule has 234 valence electrons. The van der Waals surface area contributed by atoms with E-state index in [4.69, 9.17) is 0 Å². The highest BCUT2D eigenvalue weighted by molar-refractivity contribution is 8.02. The van der Waals surface area contributed by atoms with Gasteiger partial charge in [-0.3, -0.25) is 18.6 Å². The molecule has 1 unspecified atom stereocenters. The topological polar surface area (TPSA) is 96.3 Å². The maximum atomic E-state index is 13.8. The highest BCUT2D eigenvalue weighted by atomic mass is 32.2. The van der Waals surface area contributed by atoms with Gasteiger partial charge in [0.25, 0.3) is 5.56 Å². The number of anilines is 3. The van der Waals surface area contributed by atoms with Crippen LogP contribution in [0.1, 0.15) is 5.56 Å². The molecule has 1 atom stereocenters. The van der Waals surface area contributed by atoms with Gasteiger partial charge in [-0.25, -0.2) is 4.98 Å². The van der Waals surface area contributed by atoms with Gasteiger partial charge in [-0.15, -0.1) is 11.3 Å². The number of nitrogens with one attached hydrogen (secondary N) is 1. The van der Waals surface area contributed by atoms with E-state index >= 15 is 0 Å². The average molecular weight is 654 g/mol. The monoisotopic (exact) mass is 653 g/mol. The number of rotatable bonds is 7. The molecule has 1 N–H and O–H groups in total. The Balaban J connectivity index is 1.34. The number of hydrogen-bond acceptors (Lipinski definition) is 9. The second-order valence-electron chi connectivity index (χ2n) is 11.0. The number of aryl methyl sites for hydroxylation is 1. The minimum Gasteiger partial charge on any atom is -0.369 e. The Hall–Kier alpha value is -4.27. The predicted octanol–water partition coefficient (Wildman–Crippen LogP) is 5.42. The maximum absolute atomic E-state index is 13.8. The number of fused-ring (bicyclic) bond motifs is 1. The quantitative estimate of drug-likeness (QED) is 0.233. The van der Waals surface area contributed by atoms with Gasteiger partial charge in [0.2, 0.25) is 5.95 Å². The van der Waals surface area contributed by atoms with E-state index in [1.54, 1.807) is 30.6 Å². The SMILES string of the molecule is C=S(=O)(c1ccc(-c2cc3cnc(Nc4ccc(N5CCN(C)CC5)cc4)nc3n(CC(F)(F)F)c2=O)c(C)c1)c1cncs1. The fourth-order valence-electron chi connectivity index (χ4n) is 5.31. The molecule has 0 bridgehead atoms. The molecular formula is C31H30F3N7O2S2. The normalized spacial score (nSPS) is 15.7. The molecule has 5 aromatic rings. The number of aromatic nitrogens is 4. The van der Waals surface area contributed by atoms with Gasteiger partial charge in [0, 0.05) is 69.1 Å². The van der Waals surface area contributed by atoms with E-state index in [1.165, 1.54) is 29.8 Å². The highest BCUT2D eigenvalue weighted by Crippen LogP contribution is 2.31. The zero-order valence-electron chi connectivity index (χ0n) is 24.5. The fraction of sp³-hybridized carbons (Fsp3) is 0.258. The number of halogens is 3. The first-order chi connectivity index (χ1) is 21.4. The first-order valence-electron chi connectivity index (χ1n) is 14.0. The Morgan fingerprint density at radius 2 is 1.76 bits per heavy atom. The number of pyridine rings is 1. The summed E-state index contributed by atoms with van der Waals surface area (Å²) in [5.41, 5.74) is 3.31. The van der Waals surface area contributed by atoms with Gasteiger partial charge in [-0.05, 0) is 73.4 Å². The van der Waals surface area contributed by atoms with Crippen LogP contribution in [0.4, 0.5) is 30.5 Å². The summed E-state index contributed by atoms with van der Waals surface area (Å²) in [5, 5.41) is 3.31. The summed E-state index contributed by atoms with van der Waals surface area (Å²) in [6.07, 6.45) is -1.79. The molecule has 9 nitrogen and oxygen atoms in total. The average Bonchev–Trinajstić information content (AvgIpc) is 3.56. The smallest absolute Gasteiger partial charge is 0.369 e. The van der Waals surface area contributed by atoms with Crippen molar-refractivity contribution in [3.63, 3.8) is 0 Å². The Kier molecular flexibility index (Phi) is 8.14. The number of likely N-dealkylation sites (N-methyl/N-ethyl adjacent to an activating group) is 1. The molecule has 14 heteroatoms. The first-order valence-corrected chi connectivity index (χ1v) is 16.6. The molecule has 45 heavy (non-hydrogen) atoms. The molecule has 0 amide bonds. The molecule has 0 saturated carbocycles. The lowest BCUT2D eigenvalue weighted by Gasteiger charge is -2.34. The van der Waals surface area contributed by atoms with Crippen molar-refractivity contribution in [1.29, 1.82) is 0 Å². The van der Waals surface area contributed by atoms with Gasteiger partial charge in [0.05, 0.1) is 11.7 Å². The Labute approximate surface area is 262 Å². The van der Waals surface area contributed by atoms with Crippen LogP contribution in [0.3, 0.4) is 0 Å². The van der Waals surface area contributed by atoms with Gasteiger partial charge < -0.3 is 15.1 Å². The molecule has 0 aliphatic carbocycles. The van der Waals surface area contributed by atoms with E-state index in [-0.39, 0.29) is 22.5 Å². The fourth-order valence-corrected chi connectivity index (χ4v) is 7.82. The molecule has 0 spiro atoms. The lowest BCUT2D eigenvalue weighted by atomic mass is 10.0. The largest absolute Gasteiger partial charge is 0.406 e. The van der Waals surface area contributed by atoms with E-state index in [9.17, 15) is 22.2 Å². The number of alkyl halides is 3. The van der Waals surface area contributed by atoms with Gasteiger partial charge in [-0.1, -0.05) is 6.07 Å². The Morgan fingerprint density at radius 1 is 1.02 bits per heavy atom. The van der Waals surface area contributed by atoms with Gasteiger partial charge in [0.15, 0.2) is 0 Å². The number of hydrogen-bond donors (Lipinski definition) is 1. The summed E-state index contributed by atoms with van der Waals surface area (Å²) in [4.78, 5) is 31.3. The first kappa shape index (κ1) is 30.7. The molecule has 1 saturated heterocycles. The third-order valence-electron chi connectivity index (χ3n) is 7.76. The summed E-state index contributed by atoms with van der Waals surface area (Å²) < 4.78 is 55.9. The molecule has 0 radical (unpaired) electrons. The standard InChI is InChI=1S/C31H30F3N7O2S2/c1-20-14-24(45(3,43)27-17-35-19-44-27)8-9-25(20)26-15-21-16-36-30(38-28(21)41(29(26)42)18-31(32,33)34)37-22-4-6-23(7-5-22)40-12-10-39(2)11-13-40/h4-9,14-17,19H,3,10-13,18H2,1-2H3,(H,36,37,38). The summed E-state index contributed by atoms with van der Waals surface area (Å²) >= 11 is 1.22. The van der Waals surface area contributed by atoms with Crippen LogP contribution in [0.5, 0.6) is 0 Å². The summed E-state index contributed by atoms with van der Waals surface area (Å²) in [5.74, 6) is 3.95. The maximum Gasteiger partial charge on any atom is 0.406 e. The molecule has 2 aromatic carbocycles. The third-order valence-corrected chi connectivity index (χ3v) is 11.2. The van der Waals surface area contributed by atoms with Crippen LogP contribution in [0, 0.1) is 6.92 Å². The summed E-state index contributed by atoms with van der Waals surface area (Å²) in [7, 11) is -0.749. The van der Waals surface area contributed by atoms with Crippen molar-refractivity contribution in [3.05, 3.63) is 82.4 Å². The van der Waals surface area contributed by atoms with E-state index < -0.39 is 27.8 Å². The molecule has 1 aliphatic heterocycles. The van der Waals surface area contributed by atoms with Crippen molar-refractivity contribution < 1.29 is 17.4 Å². The minimum atomic E-state index is -4.68. The van der Waals surface area contributed by atoms with Crippen LogP contribution in [0.15, 0.2) is 80.3 Å². The van der Waals surface area contributed by atoms with E-state index in [0.29, 0.717) is 30.5 Å². The number of nitrogens with zero attached hydrogens (tertiary/aromatic N) is 6. The van der Waals surface area contributed by atoms with Gasteiger partial charge in [0.1, 0.15) is 16.4 Å². The van der Waals surface area contributed by atoms with E-state index in [0.717, 1.165) is 31.9 Å². The second kappa shape index (κ2) is 11.9. The number of piperazine rings is 1. The van der Waals surface area contributed by atoms with E-state index in [2.05, 4.69) is 43.0 Å². The highest BCUT2D eigenvalue weighted by Gasteiger charge is 2.31. The van der Waals surface area contributed by atoms with Crippen LogP contribution in [0.25, 0.3) is 22.2 Å². The molecule has 1 fully saturated rings. The lowest BCUT2D eigenvalue weighted by molar-refractivity contribution is -0.140. The van der Waals surface area contributed by atoms with Crippen molar-refractivity contribution >= 4 is 55.1 Å². The zero-order chi connectivity index (χ0) is 31.9. The molecule has 6 rings (SSSR count). The van der Waals surface area contributed by atoms with E-state index in [1.807, 2.05) is 24.3 Å². The van der Waals surface area contributed by atoms with Gasteiger partial charge >= 0.3 is 6.18 Å². The predicted molar refractivity (Wildman–Crippen MR) is 173 cm³/mol. The third kappa shape index (κ3) is 6.44. The number of thiazole rings is 1. The van der Waals surface area contributed by atoms with Crippen LogP contribution >= 0.6 is 11.3 Å². The van der Waals surface area contributed by atoms with Crippen molar-refractivity contribution in [3.8, 4) is 11.1 Å². The van der Waals surface area contributed by atoms with Gasteiger partial charge in [-0.2, -0.15) is 18.2 Å². The van der Waals surface area contributed by atoms with Crippen molar-refractivity contribution in [2.24, 2.45) is 0 Å². The molecule has 3 aromatic heterocycles. The van der Waals surface area contributed by atoms with Crippen molar-refractivity contribution in [2.75, 3.05) is 43.4 Å². The Morgan fingerprint density at radius 3 is 2.40 bits per heavy atom. The lowest BCUT2D eigenvalue weighted by Crippen LogP contribution is -2.44. The van der Waals surface area contributed by atoms with Crippen LogP contribution in [-0.4, -0.2) is 73.9 Å². The molecule has 4 heterocycles. The summed E-state index contributed by atoms with van der Waals surface area (Å²) in [6, 6.07) is 14.0. The van der Waals surface area contributed by atoms with Crippen LogP contribution in [-0.2, 0) is 16.1 Å². The minimum absolute atomic E-state index is 0.0490. The summed E-state index contributed by atoms with van der Waals surface area (Å²) in [6.45, 7) is 3.97. The van der Waals surface area contributed by atoms with Crippen LogP contribution in [0.2, 0.25) is 0 Å². The zero-order valence-corrected chi connectivity index (χ0v) is 26.2. The van der Waals surface area contributed by atoms with Crippen LogP contribution < -0.4 is 15.8 Å². The molecule has 1 aliphatic rings. The van der Waals surface area contributed by atoms with Crippen molar-refractivity contribution in [2.45, 2.75) is 28.7 Å². The Bertz CT molecular complexity index is 2020.